The molecule has 1 amide bonds. The van der Waals surface area contributed by atoms with Gasteiger partial charge >= 0.3 is 0 Å². The van der Waals surface area contributed by atoms with Gasteiger partial charge in [-0.1, -0.05) is 19.8 Å². The Labute approximate surface area is 107 Å². The molecule has 18 heavy (non-hydrogen) atoms. The highest BCUT2D eigenvalue weighted by Gasteiger charge is 2.30. The van der Waals surface area contributed by atoms with E-state index in [1.165, 1.54) is 6.20 Å². The van der Waals surface area contributed by atoms with Crippen LogP contribution in [0.4, 0.5) is 0 Å². The molecule has 94 valence electrons. The second-order valence-electron chi connectivity index (χ2n) is 5.40. The van der Waals surface area contributed by atoms with Crippen LogP contribution in [-0.4, -0.2) is 33.9 Å². The summed E-state index contributed by atoms with van der Waals surface area (Å²) in [7, 11) is 0. The minimum absolute atomic E-state index is 0.125. The van der Waals surface area contributed by atoms with Crippen molar-refractivity contribution in [1.82, 2.24) is 14.9 Å². The molecule has 0 aromatic carbocycles. The lowest BCUT2D eigenvalue weighted by Crippen LogP contribution is -2.44. The second-order valence-corrected chi connectivity index (χ2v) is 5.40. The van der Waals surface area contributed by atoms with Crippen molar-refractivity contribution in [1.29, 1.82) is 0 Å². The normalized spacial score (nSPS) is 18.2. The summed E-state index contributed by atoms with van der Waals surface area (Å²) in [5, 5.41) is 0. The maximum Gasteiger partial charge on any atom is 0.291 e. The second kappa shape index (κ2) is 4.77. The van der Waals surface area contributed by atoms with Crippen molar-refractivity contribution in [2.75, 3.05) is 13.1 Å². The molecule has 0 bridgehead atoms. The van der Waals surface area contributed by atoms with Gasteiger partial charge in [0.15, 0.2) is 0 Å². The molecule has 2 rings (SSSR count). The largest absolute Gasteiger partial charge is 0.335 e. The number of piperidine rings is 1. The van der Waals surface area contributed by atoms with E-state index in [1.54, 1.807) is 6.07 Å². The van der Waals surface area contributed by atoms with Gasteiger partial charge < -0.3 is 4.90 Å². The van der Waals surface area contributed by atoms with Gasteiger partial charge in [-0.3, -0.25) is 4.79 Å². The van der Waals surface area contributed by atoms with Gasteiger partial charge in [0.25, 0.3) is 5.91 Å². The molecule has 1 aromatic heterocycles. The molecule has 1 aliphatic rings. The smallest absolute Gasteiger partial charge is 0.291 e. The van der Waals surface area contributed by atoms with E-state index in [9.17, 15) is 4.79 Å². The number of hydrogen-bond donors (Lipinski definition) is 0. The summed E-state index contributed by atoms with van der Waals surface area (Å²) in [5.74, 6) is 2.49. The first-order chi connectivity index (χ1) is 8.52. The fourth-order valence-corrected chi connectivity index (χ4v) is 2.28. The zero-order valence-electron chi connectivity index (χ0n) is 10.8. The monoisotopic (exact) mass is 243 g/mol. The Hall–Kier alpha value is -1.89. The number of carbonyl (C=O) groups excluding carboxylic acids is 1. The average molecular weight is 243 g/mol. The summed E-state index contributed by atoms with van der Waals surface area (Å²) in [6.07, 6.45) is 8.97. The Bertz CT molecular complexity index is 502. The van der Waals surface area contributed by atoms with Crippen LogP contribution in [0.3, 0.4) is 0 Å². The van der Waals surface area contributed by atoms with E-state index in [-0.39, 0.29) is 17.1 Å². The zero-order chi connectivity index (χ0) is 13.2. The van der Waals surface area contributed by atoms with Gasteiger partial charge in [-0.15, -0.1) is 6.42 Å². The van der Waals surface area contributed by atoms with Gasteiger partial charge in [0, 0.05) is 19.3 Å². The molecule has 0 spiro atoms. The third-order valence-electron chi connectivity index (χ3n) is 3.18. The van der Waals surface area contributed by atoms with E-state index in [0.29, 0.717) is 5.69 Å². The van der Waals surface area contributed by atoms with Gasteiger partial charge in [-0.2, -0.15) is 0 Å². The molecular weight excluding hydrogens is 226 g/mol. The first-order valence-electron chi connectivity index (χ1n) is 6.11. The Morgan fingerprint density at radius 1 is 1.56 bits per heavy atom. The highest BCUT2D eigenvalue weighted by molar-refractivity contribution is 5.90. The third kappa shape index (κ3) is 2.67. The van der Waals surface area contributed by atoms with Crippen LogP contribution >= 0.6 is 0 Å². The third-order valence-corrected chi connectivity index (χ3v) is 3.18. The highest BCUT2D eigenvalue weighted by Crippen LogP contribution is 2.28. The van der Waals surface area contributed by atoms with Crippen LogP contribution in [0.1, 0.15) is 43.0 Å². The van der Waals surface area contributed by atoms with Gasteiger partial charge in [0.05, 0.1) is 0 Å². The Morgan fingerprint density at radius 2 is 2.33 bits per heavy atom. The van der Waals surface area contributed by atoms with E-state index in [2.05, 4.69) is 29.7 Å². The zero-order valence-corrected chi connectivity index (χ0v) is 10.8. The summed E-state index contributed by atoms with van der Waals surface area (Å²) in [6.45, 7) is 5.86. The predicted octanol–water partition coefficient (Wildman–Crippen LogP) is 1.72. The summed E-state index contributed by atoms with van der Waals surface area (Å²) in [5.41, 5.74) is 0.613. The molecule has 0 saturated carbocycles. The van der Waals surface area contributed by atoms with Crippen molar-refractivity contribution in [2.45, 2.75) is 26.7 Å². The number of hydrogen-bond acceptors (Lipinski definition) is 3. The van der Waals surface area contributed by atoms with Crippen molar-refractivity contribution in [2.24, 2.45) is 5.41 Å². The number of likely N-dealkylation sites (tertiary alicyclic amines) is 1. The van der Waals surface area contributed by atoms with E-state index >= 15 is 0 Å². The highest BCUT2D eigenvalue weighted by atomic mass is 16.2. The lowest BCUT2D eigenvalue weighted by molar-refractivity contribution is 0.0571. The lowest BCUT2D eigenvalue weighted by Gasteiger charge is -2.37. The molecule has 0 N–H and O–H groups in total. The van der Waals surface area contributed by atoms with E-state index in [4.69, 9.17) is 6.42 Å². The fraction of sp³-hybridized carbons (Fsp3) is 0.500. The number of amides is 1. The van der Waals surface area contributed by atoms with Crippen LogP contribution in [0.5, 0.6) is 0 Å². The fourth-order valence-electron chi connectivity index (χ4n) is 2.28. The molecular formula is C14H17N3O. The minimum atomic E-state index is -0.125. The maximum atomic E-state index is 12.3. The molecule has 2 heterocycles. The number of rotatable bonds is 1. The Kier molecular flexibility index (Phi) is 3.33. The van der Waals surface area contributed by atoms with Gasteiger partial charge in [0.2, 0.25) is 5.82 Å². The number of aromatic nitrogens is 2. The number of carbonyl (C=O) groups is 1. The molecule has 0 unspecified atom stereocenters. The van der Waals surface area contributed by atoms with Crippen LogP contribution < -0.4 is 0 Å². The first-order valence-corrected chi connectivity index (χ1v) is 6.11. The van der Waals surface area contributed by atoms with Crippen molar-refractivity contribution in [3.05, 3.63) is 23.8 Å². The van der Waals surface area contributed by atoms with Crippen molar-refractivity contribution in [3.8, 4) is 12.3 Å². The van der Waals surface area contributed by atoms with Gasteiger partial charge in [-0.25, -0.2) is 9.97 Å². The van der Waals surface area contributed by atoms with E-state index < -0.39 is 0 Å². The SMILES string of the molecule is C#Cc1ccnc(C(=O)N2CCCC(C)(C)C2)n1. The van der Waals surface area contributed by atoms with Crippen LogP contribution in [0.15, 0.2) is 12.3 Å². The van der Waals surface area contributed by atoms with E-state index in [0.717, 1.165) is 25.9 Å². The molecule has 0 aliphatic carbocycles. The van der Waals surface area contributed by atoms with Crippen molar-refractivity contribution < 1.29 is 4.79 Å². The summed E-state index contributed by atoms with van der Waals surface area (Å²) in [6, 6.07) is 1.62. The molecule has 1 saturated heterocycles. The lowest BCUT2D eigenvalue weighted by atomic mass is 9.84. The van der Waals surface area contributed by atoms with Crippen LogP contribution in [0, 0.1) is 17.8 Å². The molecule has 1 aliphatic heterocycles. The summed E-state index contributed by atoms with van der Waals surface area (Å²) in [4.78, 5) is 22.2. The van der Waals surface area contributed by atoms with Crippen LogP contribution in [0.2, 0.25) is 0 Å². The average Bonchev–Trinajstić information content (AvgIpc) is 2.37. The van der Waals surface area contributed by atoms with Gasteiger partial charge in [-0.05, 0) is 24.3 Å². The predicted molar refractivity (Wildman–Crippen MR) is 68.9 cm³/mol. The quantitative estimate of drug-likeness (QED) is 0.705. The Balaban J connectivity index is 2.18. The topological polar surface area (TPSA) is 46.1 Å². The molecule has 4 heteroatoms. The Morgan fingerprint density at radius 3 is 3.00 bits per heavy atom. The summed E-state index contributed by atoms with van der Waals surface area (Å²) >= 11 is 0. The van der Waals surface area contributed by atoms with Crippen LogP contribution in [-0.2, 0) is 0 Å². The molecule has 4 nitrogen and oxygen atoms in total. The molecule has 0 atom stereocenters. The van der Waals surface area contributed by atoms with Crippen molar-refractivity contribution in [3.63, 3.8) is 0 Å². The molecule has 1 aromatic rings. The number of terminal acetylenes is 1. The standard InChI is InChI=1S/C14H17N3O/c1-4-11-6-8-15-12(16-11)13(18)17-9-5-7-14(2,3)10-17/h1,6,8H,5,7,9-10H2,2-3H3. The minimum Gasteiger partial charge on any atom is -0.335 e. The van der Waals surface area contributed by atoms with Crippen LogP contribution in [0.25, 0.3) is 0 Å². The maximum absolute atomic E-state index is 12.3. The first kappa shape index (κ1) is 12.6. The van der Waals surface area contributed by atoms with Gasteiger partial charge in [0.1, 0.15) is 5.69 Å². The summed E-state index contributed by atoms with van der Waals surface area (Å²) < 4.78 is 0. The van der Waals surface area contributed by atoms with E-state index in [1.807, 2.05) is 4.90 Å². The van der Waals surface area contributed by atoms with Crippen molar-refractivity contribution >= 4 is 5.91 Å². The molecule has 1 fully saturated rings. The molecule has 0 radical (unpaired) electrons. The number of nitrogens with zero attached hydrogens (tertiary/aromatic N) is 3.